The van der Waals surface area contributed by atoms with E-state index in [2.05, 4.69) is 4.72 Å². The second-order valence-electron chi connectivity index (χ2n) is 4.79. The first-order valence-corrected chi connectivity index (χ1v) is 8.77. The zero-order valence-corrected chi connectivity index (χ0v) is 13.9. The molecule has 3 rings (SSSR count). The maximum Gasteiger partial charge on any atom is 0.265 e. The molecule has 1 aromatic carbocycles. The number of thiophene rings is 1. The van der Waals surface area contributed by atoms with Crippen LogP contribution in [0.1, 0.15) is 10.5 Å². The third-order valence-electron chi connectivity index (χ3n) is 3.31. The number of anilines is 1. The Hall–Kier alpha value is -2.16. The van der Waals surface area contributed by atoms with Gasteiger partial charge in [-0.2, -0.15) is 0 Å². The summed E-state index contributed by atoms with van der Waals surface area (Å²) in [6, 6.07) is 10.9. The van der Waals surface area contributed by atoms with Crippen LogP contribution in [0.25, 0.3) is 10.9 Å². The summed E-state index contributed by atoms with van der Waals surface area (Å²) in [4.78, 5) is 11.7. The topological polar surface area (TPSA) is 86.3 Å². The van der Waals surface area contributed by atoms with E-state index in [4.69, 9.17) is 10.5 Å². The number of nitrogens with one attached hydrogen (secondary N) is 1. The molecule has 120 valence electrons. The molecule has 0 aliphatic rings. The molecule has 0 bridgehead atoms. The van der Waals surface area contributed by atoms with Gasteiger partial charge >= 0.3 is 0 Å². The van der Waals surface area contributed by atoms with E-state index in [1.54, 1.807) is 16.7 Å². The second-order valence-corrected chi connectivity index (χ2v) is 7.17. The third kappa shape index (κ3) is 3.00. The molecule has 0 saturated carbocycles. The van der Waals surface area contributed by atoms with E-state index < -0.39 is 16.9 Å². The van der Waals surface area contributed by atoms with Gasteiger partial charge in [0.15, 0.2) is 11.0 Å². The van der Waals surface area contributed by atoms with Crippen LogP contribution in [0.2, 0.25) is 0 Å². The van der Waals surface area contributed by atoms with E-state index in [9.17, 15) is 9.00 Å². The first-order valence-electron chi connectivity index (χ1n) is 6.74. The second kappa shape index (κ2) is 6.53. The maximum absolute atomic E-state index is 12.4. The van der Waals surface area contributed by atoms with E-state index in [1.807, 2.05) is 29.6 Å². The van der Waals surface area contributed by atoms with Crippen molar-refractivity contribution in [2.24, 2.45) is 5.73 Å². The highest BCUT2D eigenvalue weighted by Crippen LogP contribution is 2.29. The molecule has 23 heavy (non-hydrogen) atoms. The van der Waals surface area contributed by atoms with E-state index >= 15 is 0 Å². The first-order chi connectivity index (χ1) is 11.1. The summed E-state index contributed by atoms with van der Waals surface area (Å²) in [6.45, 7) is 0.173. The van der Waals surface area contributed by atoms with Gasteiger partial charge in [-0.05, 0) is 23.6 Å². The van der Waals surface area contributed by atoms with Crippen molar-refractivity contribution in [2.45, 2.75) is 10.9 Å². The summed E-state index contributed by atoms with van der Waals surface area (Å²) in [5.74, 6) is -0.538. The number of amides is 1. The van der Waals surface area contributed by atoms with Crippen molar-refractivity contribution in [2.75, 3.05) is 11.8 Å². The summed E-state index contributed by atoms with van der Waals surface area (Å²) in [7, 11) is 0.163. The highest BCUT2D eigenvalue weighted by molar-refractivity contribution is 7.88. The number of hydrogen-bond donors (Lipinski definition) is 2. The number of carbonyl (C=O) groups excluding carboxylic acids is 1. The molecule has 0 spiro atoms. The van der Waals surface area contributed by atoms with Crippen molar-refractivity contribution < 1.29 is 13.7 Å². The van der Waals surface area contributed by atoms with Gasteiger partial charge in [-0.15, -0.1) is 11.3 Å². The van der Waals surface area contributed by atoms with Crippen molar-refractivity contribution in [1.82, 2.24) is 4.57 Å². The molecule has 2 heterocycles. The number of ether oxygens (including phenoxy) is 1. The number of carbonyl (C=O) groups is 1. The molecule has 3 N–H and O–H groups in total. The van der Waals surface area contributed by atoms with Gasteiger partial charge < -0.3 is 15.0 Å². The van der Waals surface area contributed by atoms with Crippen LogP contribution in [0, 0.1) is 0 Å². The van der Waals surface area contributed by atoms with Crippen LogP contribution < -0.4 is 10.5 Å². The van der Waals surface area contributed by atoms with Gasteiger partial charge in [-0.25, -0.2) is 4.21 Å². The number of methoxy groups -OCH3 is 1. The van der Waals surface area contributed by atoms with Gasteiger partial charge in [0.2, 0.25) is 0 Å². The minimum absolute atomic E-state index is 0.173. The molecule has 0 fully saturated rings. The number of nitrogens with two attached hydrogens (primary N) is 1. The van der Waals surface area contributed by atoms with Crippen LogP contribution in [0.4, 0.5) is 5.69 Å². The lowest BCUT2D eigenvalue weighted by Gasteiger charge is -2.11. The number of nitrogens with zero attached hydrogens (tertiary/aromatic N) is 1. The molecule has 0 aliphatic heterocycles. The zero-order valence-electron chi connectivity index (χ0n) is 12.3. The summed E-state index contributed by atoms with van der Waals surface area (Å²) in [5.41, 5.74) is 7.17. The maximum atomic E-state index is 12.4. The fourth-order valence-electron chi connectivity index (χ4n) is 2.39. The molecule has 3 aromatic rings. The Morgan fingerprint density at radius 3 is 2.87 bits per heavy atom. The van der Waals surface area contributed by atoms with Gasteiger partial charge in [0, 0.05) is 12.5 Å². The average molecular weight is 349 g/mol. The molecule has 2 aromatic heterocycles. The van der Waals surface area contributed by atoms with Gasteiger partial charge in [-0.1, -0.05) is 18.2 Å². The highest BCUT2D eigenvalue weighted by atomic mass is 32.2. The lowest BCUT2D eigenvalue weighted by atomic mass is 10.2. The molecule has 0 radical (unpaired) electrons. The number of aromatic nitrogens is 1. The number of benzene rings is 1. The predicted molar refractivity (Wildman–Crippen MR) is 91.8 cm³/mol. The molecular weight excluding hydrogens is 334 g/mol. The zero-order chi connectivity index (χ0) is 16.4. The summed E-state index contributed by atoms with van der Waals surface area (Å²) in [5, 5.41) is 2.69. The average Bonchev–Trinajstić information content (AvgIpc) is 3.16. The monoisotopic (exact) mass is 349 g/mol. The normalized spacial score (nSPS) is 12.4. The quantitative estimate of drug-likeness (QED) is 0.717. The SMILES string of the molecule is COCn1c(C(N)=O)cc2cccc(NS(=O)c3cccs3)c21. The Morgan fingerprint density at radius 1 is 1.39 bits per heavy atom. The van der Waals surface area contributed by atoms with Crippen molar-refractivity contribution >= 4 is 44.8 Å². The number of rotatable bonds is 6. The van der Waals surface area contributed by atoms with E-state index in [1.165, 1.54) is 18.4 Å². The molecule has 0 aliphatic carbocycles. The predicted octanol–water partition coefficient (Wildman–Crippen LogP) is 2.54. The van der Waals surface area contributed by atoms with Gasteiger partial charge in [0.1, 0.15) is 16.6 Å². The summed E-state index contributed by atoms with van der Waals surface area (Å²) in [6.07, 6.45) is 0. The molecule has 1 amide bonds. The number of primary amides is 1. The van der Waals surface area contributed by atoms with Crippen molar-refractivity contribution in [3.05, 3.63) is 47.5 Å². The number of para-hydroxylation sites is 1. The fraction of sp³-hybridized carbons (Fsp3) is 0.133. The van der Waals surface area contributed by atoms with Gasteiger partial charge in [0.25, 0.3) is 5.91 Å². The molecule has 8 heteroatoms. The first kappa shape index (κ1) is 15.7. The standard InChI is InChI=1S/C15H15N3O3S2/c1-21-9-18-12(15(16)19)8-10-4-2-5-11(14(10)18)17-23(20)13-6-3-7-22-13/h2-8,17H,9H2,1H3,(H2,16,19). The van der Waals surface area contributed by atoms with Crippen LogP contribution in [0.3, 0.4) is 0 Å². The molecular formula is C15H15N3O3S2. The largest absolute Gasteiger partial charge is 0.364 e. The van der Waals surface area contributed by atoms with Crippen LogP contribution in [-0.2, 0) is 22.5 Å². The van der Waals surface area contributed by atoms with Crippen LogP contribution in [-0.4, -0.2) is 21.8 Å². The van der Waals surface area contributed by atoms with E-state index in [0.717, 1.165) is 15.1 Å². The van der Waals surface area contributed by atoms with Crippen LogP contribution in [0.15, 0.2) is 46.0 Å². The van der Waals surface area contributed by atoms with E-state index in [0.29, 0.717) is 11.4 Å². The Bertz CT molecular complexity index is 872. The minimum Gasteiger partial charge on any atom is -0.364 e. The fourth-order valence-corrected chi connectivity index (χ4v) is 4.15. The molecule has 0 saturated heterocycles. The third-order valence-corrected chi connectivity index (χ3v) is 5.62. The van der Waals surface area contributed by atoms with Crippen molar-refractivity contribution in [1.29, 1.82) is 0 Å². The minimum atomic E-state index is -1.37. The van der Waals surface area contributed by atoms with Crippen molar-refractivity contribution in [3.8, 4) is 0 Å². The lowest BCUT2D eigenvalue weighted by molar-refractivity contribution is 0.0961. The lowest BCUT2D eigenvalue weighted by Crippen LogP contribution is -2.17. The molecule has 1 atom stereocenters. The molecule has 1 unspecified atom stereocenters. The summed E-state index contributed by atoms with van der Waals surface area (Å²) >= 11 is 1.41. The Morgan fingerprint density at radius 2 is 2.22 bits per heavy atom. The Balaban J connectivity index is 2.10. The molecule has 6 nitrogen and oxygen atoms in total. The highest BCUT2D eigenvalue weighted by Gasteiger charge is 2.17. The van der Waals surface area contributed by atoms with Crippen LogP contribution >= 0.6 is 11.3 Å². The smallest absolute Gasteiger partial charge is 0.265 e. The van der Waals surface area contributed by atoms with E-state index in [-0.39, 0.29) is 6.73 Å². The van der Waals surface area contributed by atoms with Crippen molar-refractivity contribution in [3.63, 3.8) is 0 Å². The van der Waals surface area contributed by atoms with Crippen LogP contribution in [0.5, 0.6) is 0 Å². The van der Waals surface area contributed by atoms with Gasteiger partial charge in [0.05, 0.1) is 11.2 Å². The number of hydrogen-bond acceptors (Lipinski definition) is 4. The van der Waals surface area contributed by atoms with Gasteiger partial charge in [-0.3, -0.25) is 9.52 Å². The number of fused-ring (bicyclic) bond motifs is 1. The Kier molecular flexibility index (Phi) is 4.46. The summed E-state index contributed by atoms with van der Waals surface area (Å²) < 4.78 is 23.0. The Labute approximate surface area is 139 Å².